The van der Waals surface area contributed by atoms with Crippen LogP contribution in [0.5, 0.6) is 0 Å². The highest BCUT2D eigenvalue weighted by atomic mass is 16.6. The van der Waals surface area contributed by atoms with Gasteiger partial charge in [0.25, 0.3) is 0 Å². The first-order valence-electron chi connectivity index (χ1n) is 9.40. The van der Waals surface area contributed by atoms with Gasteiger partial charge in [-0.15, -0.1) is 0 Å². The van der Waals surface area contributed by atoms with Crippen molar-refractivity contribution in [3.8, 4) is 0 Å². The van der Waals surface area contributed by atoms with Gasteiger partial charge in [0.05, 0.1) is 5.92 Å². The van der Waals surface area contributed by atoms with Gasteiger partial charge in [-0.3, -0.25) is 4.79 Å². The minimum Gasteiger partial charge on any atom is -0.461 e. The lowest BCUT2D eigenvalue weighted by Crippen LogP contribution is -2.36. The normalized spacial score (nSPS) is 46.5. The van der Waals surface area contributed by atoms with Gasteiger partial charge < -0.3 is 9.64 Å². The van der Waals surface area contributed by atoms with E-state index in [2.05, 4.69) is 19.0 Å². The lowest BCUT2D eigenvalue weighted by atomic mass is 9.73. The predicted octanol–water partition coefficient (Wildman–Crippen LogP) is 3.09. The van der Waals surface area contributed by atoms with Crippen LogP contribution in [-0.2, 0) is 9.53 Å². The SMILES string of the molecule is CN(C)C[C@@H]1C(=O)O[C@H]2[C@H]1CCC1(CC1)[C@@H]1CCC3(CC3)[C@H]21. The van der Waals surface area contributed by atoms with Gasteiger partial charge in [-0.1, -0.05) is 0 Å². The van der Waals surface area contributed by atoms with Crippen molar-refractivity contribution in [1.82, 2.24) is 4.90 Å². The number of esters is 1. The Bertz CT molecular complexity index is 506. The van der Waals surface area contributed by atoms with Crippen LogP contribution in [0.3, 0.4) is 0 Å². The van der Waals surface area contributed by atoms with E-state index in [1.807, 2.05) is 0 Å². The standard InChI is InChI=1S/C19H29NO2/c1-20(2)11-13-12-3-5-18(7-8-18)14-4-6-19(9-10-19)15(14)16(12)22-17(13)21/h12-16H,3-11H2,1-2H3/t12-,13-,14+,15-,16-/m0/s1. The zero-order chi connectivity index (χ0) is 15.1. The molecule has 0 radical (unpaired) electrons. The summed E-state index contributed by atoms with van der Waals surface area (Å²) < 4.78 is 6.10. The van der Waals surface area contributed by atoms with Crippen molar-refractivity contribution in [3.63, 3.8) is 0 Å². The Labute approximate surface area is 133 Å². The highest BCUT2D eigenvalue weighted by Gasteiger charge is 2.69. The lowest BCUT2D eigenvalue weighted by Gasteiger charge is -2.33. The van der Waals surface area contributed by atoms with E-state index in [-0.39, 0.29) is 18.0 Å². The molecule has 0 aromatic rings. The molecule has 3 nitrogen and oxygen atoms in total. The summed E-state index contributed by atoms with van der Waals surface area (Å²) in [5.41, 5.74) is 1.25. The van der Waals surface area contributed by atoms with Gasteiger partial charge in [0, 0.05) is 18.4 Å². The summed E-state index contributed by atoms with van der Waals surface area (Å²) in [5.74, 6) is 2.32. The average molecular weight is 303 g/mol. The third-order valence-corrected chi connectivity index (χ3v) is 8.05. The minimum absolute atomic E-state index is 0.108. The largest absolute Gasteiger partial charge is 0.461 e. The van der Waals surface area contributed by atoms with E-state index < -0.39 is 0 Å². The quantitative estimate of drug-likeness (QED) is 0.734. The first-order valence-corrected chi connectivity index (χ1v) is 9.40. The summed E-state index contributed by atoms with van der Waals surface area (Å²) in [5, 5.41) is 0. The maximum absolute atomic E-state index is 12.5. The van der Waals surface area contributed by atoms with Crippen molar-refractivity contribution in [2.75, 3.05) is 20.6 Å². The molecular formula is C19H29NO2. The Morgan fingerprint density at radius 3 is 2.36 bits per heavy atom. The van der Waals surface area contributed by atoms with Crippen LogP contribution in [0, 0.1) is 34.5 Å². The first kappa shape index (κ1) is 13.8. The number of hydrogen-bond donors (Lipinski definition) is 0. The molecule has 0 N–H and O–H groups in total. The third-order valence-electron chi connectivity index (χ3n) is 8.05. The molecule has 5 fully saturated rings. The van der Waals surface area contributed by atoms with Gasteiger partial charge in [0.15, 0.2) is 0 Å². The van der Waals surface area contributed by atoms with Crippen LogP contribution < -0.4 is 0 Å². The highest BCUT2D eigenvalue weighted by molar-refractivity contribution is 5.75. The fourth-order valence-corrected chi connectivity index (χ4v) is 6.67. The van der Waals surface area contributed by atoms with Crippen molar-refractivity contribution in [1.29, 1.82) is 0 Å². The molecule has 1 saturated heterocycles. The van der Waals surface area contributed by atoms with Crippen molar-refractivity contribution in [2.24, 2.45) is 34.5 Å². The minimum atomic E-state index is 0.108. The topological polar surface area (TPSA) is 29.5 Å². The average Bonchev–Trinajstić information content (AvgIpc) is 3.34. The number of carbonyl (C=O) groups is 1. The van der Waals surface area contributed by atoms with E-state index in [0.29, 0.717) is 22.7 Å². The molecule has 5 rings (SSSR count). The van der Waals surface area contributed by atoms with Crippen molar-refractivity contribution < 1.29 is 9.53 Å². The summed E-state index contributed by atoms with van der Waals surface area (Å²) in [4.78, 5) is 14.7. The molecule has 122 valence electrons. The second-order valence-corrected chi connectivity index (χ2v) is 9.37. The summed E-state index contributed by atoms with van der Waals surface area (Å²) in [6.45, 7) is 0.872. The molecule has 0 amide bonds. The third kappa shape index (κ3) is 1.75. The number of nitrogens with zero attached hydrogens (tertiary/aromatic N) is 1. The summed E-state index contributed by atoms with van der Waals surface area (Å²) >= 11 is 0. The number of hydrogen-bond acceptors (Lipinski definition) is 3. The molecule has 0 aromatic carbocycles. The Balaban J connectivity index is 1.50. The maximum Gasteiger partial charge on any atom is 0.310 e. The number of rotatable bonds is 2. The van der Waals surface area contributed by atoms with Crippen LogP contribution in [0.15, 0.2) is 0 Å². The highest BCUT2D eigenvalue weighted by Crippen LogP contribution is 2.74. The van der Waals surface area contributed by atoms with Gasteiger partial charge in [-0.25, -0.2) is 0 Å². The molecule has 22 heavy (non-hydrogen) atoms. The van der Waals surface area contributed by atoms with E-state index >= 15 is 0 Å². The molecule has 3 heteroatoms. The van der Waals surface area contributed by atoms with Gasteiger partial charge in [0.2, 0.25) is 0 Å². The smallest absolute Gasteiger partial charge is 0.310 e. The molecule has 0 unspecified atom stereocenters. The van der Waals surface area contributed by atoms with E-state index in [1.54, 1.807) is 0 Å². The molecule has 5 atom stereocenters. The number of carbonyl (C=O) groups excluding carboxylic acids is 1. The second kappa shape index (κ2) is 4.28. The van der Waals surface area contributed by atoms with Crippen LogP contribution in [0.25, 0.3) is 0 Å². The molecule has 1 heterocycles. The number of ether oxygens (including phenoxy) is 1. The van der Waals surface area contributed by atoms with Gasteiger partial charge in [-0.2, -0.15) is 0 Å². The molecule has 4 aliphatic carbocycles. The van der Waals surface area contributed by atoms with Crippen LogP contribution in [0.2, 0.25) is 0 Å². The van der Waals surface area contributed by atoms with E-state index in [0.717, 1.165) is 12.5 Å². The Kier molecular flexibility index (Phi) is 2.69. The molecule has 5 aliphatic rings. The number of fused-ring (bicyclic) bond motifs is 5. The lowest BCUT2D eigenvalue weighted by molar-refractivity contribution is -0.147. The summed E-state index contributed by atoms with van der Waals surface area (Å²) in [6.07, 6.45) is 11.4. The fraction of sp³-hybridized carbons (Fsp3) is 0.947. The Morgan fingerprint density at radius 1 is 1.05 bits per heavy atom. The first-order chi connectivity index (χ1) is 10.5. The molecule has 4 saturated carbocycles. The van der Waals surface area contributed by atoms with Gasteiger partial charge in [-0.05, 0) is 82.2 Å². The molecule has 2 spiro atoms. The van der Waals surface area contributed by atoms with E-state index in [1.165, 1.54) is 51.4 Å². The maximum atomic E-state index is 12.5. The van der Waals surface area contributed by atoms with Crippen LogP contribution >= 0.6 is 0 Å². The van der Waals surface area contributed by atoms with Crippen LogP contribution in [-0.4, -0.2) is 37.6 Å². The zero-order valence-corrected chi connectivity index (χ0v) is 14.0. The predicted molar refractivity (Wildman–Crippen MR) is 84.2 cm³/mol. The van der Waals surface area contributed by atoms with E-state index in [4.69, 9.17) is 4.74 Å². The van der Waals surface area contributed by atoms with E-state index in [9.17, 15) is 4.79 Å². The van der Waals surface area contributed by atoms with Crippen LogP contribution in [0.4, 0.5) is 0 Å². The second-order valence-electron chi connectivity index (χ2n) is 9.37. The Morgan fingerprint density at radius 2 is 1.73 bits per heavy atom. The van der Waals surface area contributed by atoms with Crippen molar-refractivity contribution in [2.45, 2.75) is 57.5 Å². The Hall–Kier alpha value is -0.570. The fourth-order valence-electron chi connectivity index (χ4n) is 6.67. The summed E-state index contributed by atoms with van der Waals surface area (Å²) in [7, 11) is 4.17. The molecule has 0 bridgehead atoms. The van der Waals surface area contributed by atoms with Crippen LogP contribution in [0.1, 0.15) is 51.4 Å². The monoisotopic (exact) mass is 303 g/mol. The van der Waals surface area contributed by atoms with Gasteiger partial charge in [0.1, 0.15) is 6.10 Å². The van der Waals surface area contributed by atoms with Gasteiger partial charge >= 0.3 is 5.97 Å². The molecule has 0 aromatic heterocycles. The van der Waals surface area contributed by atoms with Crippen molar-refractivity contribution in [3.05, 3.63) is 0 Å². The molecule has 1 aliphatic heterocycles. The summed E-state index contributed by atoms with van der Waals surface area (Å²) in [6, 6.07) is 0. The molecular weight excluding hydrogens is 274 g/mol. The zero-order valence-electron chi connectivity index (χ0n) is 14.0. The van der Waals surface area contributed by atoms with Crippen molar-refractivity contribution >= 4 is 5.97 Å².